The van der Waals surface area contributed by atoms with Crippen molar-refractivity contribution in [1.29, 1.82) is 10.7 Å². The Morgan fingerprint density at radius 2 is 1.84 bits per heavy atom. The van der Waals surface area contributed by atoms with Gasteiger partial charge in [0.05, 0.1) is 11.3 Å². The summed E-state index contributed by atoms with van der Waals surface area (Å²) in [5.74, 6) is 1.14. The highest BCUT2D eigenvalue weighted by Crippen LogP contribution is 2.46. The summed E-state index contributed by atoms with van der Waals surface area (Å²) in [5, 5.41) is 20.4. The lowest BCUT2D eigenvalue weighted by Crippen LogP contribution is -2.45. The molecule has 4 heterocycles. The van der Waals surface area contributed by atoms with E-state index < -0.39 is 0 Å². The third-order valence-electron chi connectivity index (χ3n) is 12.2. The summed E-state index contributed by atoms with van der Waals surface area (Å²) in [4.78, 5) is 17.3. The Labute approximate surface area is 301 Å². The summed E-state index contributed by atoms with van der Waals surface area (Å²) in [7, 11) is 2.29. The van der Waals surface area contributed by atoms with Gasteiger partial charge in [-0.25, -0.2) is 9.97 Å². The van der Waals surface area contributed by atoms with Gasteiger partial charge in [0.1, 0.15) is 16.8 Å². The Morgan fingerprint density at radius 1 is 1.06 bits per heavy atom. The predicted molar refractivity (Wildman–Crippen MR) is 206 cm³/mol. The number of likely N-dealkylation sites (tertiary alicyclic amines) is 1. The van der Waals surface area contributed by atoms with Crippen LogP contribution < -0.4 is 5.73 Å². The van der Waals surface area contributed by atoms with Crippen LogP contribution in [0.5, 0.6) is 0 Å². The number of allylic oxidation sites excluding steroid dienone is 2. The zero-order valence-electron chi connectivity index (χ0n) is 31.6. The van der Waals surface area contributed by atoms with E-state index in [1.165, 1.54) is 72.3 Å². The first kappa shape index (κ1) is 37.7. The number of fused-ring (bicyclic) bond motifs is 2. The average Bonchev–Trinajstić information content (AvgIpc) is 3.60. The molecule has 0 radical (unpaired) electrons. The number of unbranched alkanes of at least 4 members (excludes halogenated alkanes) is 1. The molecule has 0 bridgehead atoms. The molecule has 2 aromatic heterocycles. The molecule has 2 aliphatic heterocycles. The number of nitrogens with two attached hydrogens (primary N) is 1. The number of aromatic nitrogens is 2. The molecule has 2 aromatic rings. The maximum Gasteiger partial charge on any atom is 0.178 e. The third-order valence-corrected chi connectivity index (χ3v) is 13.3. The second kappa shape index (κ2) is 17.1. The van der Waals surface area contributed by atoms with Crippen LogP contribution in [0.4, 0.5) is 5.00 Å². The van der Waals surface area contributed by atoms with Crippen molar-refractivity contribution in [3.05, 3.63) is 49.9 Å². The highest BCUT2D eigenvalue weighted by molar-refractivity contribution is 7.16. The molecule has 1 saturated heterocycles. The minimum atomic E-state index is 0.120. The molecule has 8 heteroatoms. The fraction of sp³-hybridized carbons (Fsp3) is 0.707. The number of rotatable bonds is 12. The van der Waals surface area contributed by atoms with E-state index in [0.29, 0.717) is 46.1 Å². The zero-order chi connectivity index (χ0) is 35.2. The summed E-state index contributed by atoms with van der Waals surface area (Å²) in [5.41, 5.74) is 14.7. The molecular weight excluding hydrogens is 623 g/mol. The fourth-order valence-corrected chi connectivity index (χ4v) is 10.0. The Morgan fingerprint density at radius 3 is 2.47 bits per heavy atom. The number of thiophene rings is 1. The molecular formula is C41H63N7S. The first-order chi connectivity index (χ1) is 23.7. The van der Waals surface area contributed by atoms with Crippen molar-refractivity contribution in [2.75, 3.05) is 19.3 Å². The van der Waals surface area contributed by atoms with Gasteiger partial charge < -0.3 is 10.6 Å². The molecule has 7 nitrogen and oxygen atoms in total. The number of nitriles is 1. The molecule has 1 saturated carbocycles. The SMILES string of the molecule is CC.CCCC[C@H]1CN(C2CCC2)Cc2c(CCC3CC[C@H](C)N3C)nc(C(=N)/C(CCC)=C(\C)C3CCCc4sc(N)c(C#N)c43)nc21. The van der Waals surface area contributed by atoms with Gasteiger partial charge in [-0.05, 0) is 103 Å². The van der Waals surface area contributed by atoms with Crippen molar-refractivity contribution >= 4 is 22.0 Å². The van der Waals surface area contributed by atoms with Crippen molar-refractivity contribution < 1.29 is 0 Å². The second-order valence-corrected chi connectivity index (χ2v) is 16.2. The van der Waals surface area contributed by atoms with Crippen molar-refractivity contribution in [2.24, 2.45) is 0 Å². The topological polar surface area (TPSA) is 106 Å². The number of hydrogen-bond acceptors (Lipinski definition) is 8. The van der Waals surface area contributed by atoms with Crippen molar-refractivity contribution in [1.82, 2.24) is 19.8 Å². The number of anilines is 1. The maximum absolute atomic E-state index is 10.0. The molecule has 4 atom stereocenters. The van der Waals surface area contributed by atoms with Gasteiger partial charge in [0, 0.05) is 59.2 Å². The summed E-state index contributed by atoms with van der Waals surface area (Å²) < 4.78 is 0. The summed E-state index contributed by atoms with van der Waals surface area (Å²) in [6, 6.07) is 4.35. The van der Waals surface area contributed by atoms with Crippen LogP contribution >= 0.6 is 11.3 Å². The Balaban J connectivity index is 0.00000230. The molecule has 4 aliphatic rings. The predicted octanol–water partition coefficient (Wildman–Crippen LogP) is 9.68. The average molecular weight is 686 g/mol. The monoisotopic (exact) mass is 685 g/mol. The number of nitrogen functional groups attached to an aromatic ring is 1. The Bertz CT molecular complexity index is 1530. The van der Waals surface area contributed by atoms with Gasteiger partial charge in [0.15, 0.2) is 5.82 Å². The second-order valence-electron chi connectivity index (χ2n) is 15.0. The standard InChI is InChI=1S/C39H57N7S.C2H6/c1-6-8-12-26-22-46(28-13-9-14-28)23-32-33(20-19-27-18-17-24(3)45(27)5)43-39(44-37(26)32)36(41)30(11-7-2)25(4)29-15-10-16-34-35(29)31(21-40)38(42)47-34;1-2/h24,26-29,41H,6-20,22-23,42H2,1-5H3;1-2H3/b30-25+,41-36?;/t24-,26-,27?,29?;/m0./s1. The van der Waals surface area contributed by atoms with Crippen LogP contribution in [0, 0.1) is 16.7 Å². The van der Waals surface area contributed by atoms with Gasteiger partial charge in [-0.2, -0.15) is 5.26 Å². The van der Waals surface area contributed by atoms with Crippen LogP contribution in [-0.4, -0.2) is 57.2 Å². The lowest BCUT2D eigenvalue weighted by Gasteiger charge is -2.43. The molecule has 2 aliphatic carbocycles. The number of nitrogens with zero attached hydrogens (tertiary/aromatic N) is 5. The van der Waals surface area contributed by atoms with Gasteiger partial charge in [-0.15, -0.1) is 11.3 Å². The van der Waals surface area contributed by atoms with Crippen LogP contribution in [0.3, 0.4) is 0 Å². The normalized spacial score (nSPS) is 24.6. The van der Waals surface area contributed by atoms with Gasteiger partial charge in [-0.1, -0.05) is 59.0 Å². The van der Waals surface area contributed by atoms with Gasteiger partial charge in [0.2, 0.25) is 0 Å². The maximum atomic E-state index is 10.0. The van der Waals surface area contributed by atoms with E-state index in [2.05, 4.69) is 50.6 Å². The molecule has 49 heavy (non-hydrogen) atoms. The molecule has 268 valence electrons. The third kappa shape index (κ3) is 7.85. The smallest absolute Gasteiger partial charge is 0.178 e. The number of aryl methyl sites for hydroxylation is 2. The van der Waals surface area contributed by atoms with Crippen LogP contribution in [0.25, 0.3) is 0 Å². The van der Waals surface area contributed by atoms with Gasteiger partial charge in [0.25, 0.3) is 0 Å². The summed E-state index contributed by atoms with van der Waals surface area (Å²) >= 11 is 1.59. The first-order valence-electron chi connectivity index (χ1n) is 19.7. The van der Waals surface area contributed by atoms with Crippen LogP contribution in [-0.2, 0) is 19.4 Å². The molecule has 2 fully saturated rings. The van der Waals surface area contributed by atoms with E-state index in [1.54, 1.807) is 11.3 Å². The van der Waals surface area contributed by atoms with Crippen LogP contribution in [0.15, 0.2) is 11.1 Å². The van der Waals surface area contributed by atoms with E-state index in [0.717, 1.165) is 75.6 Å². The molecule has 6 rings (SSSR count). The van der Waals surface area contributed by atoms with E-state index in [1.807, 2.05) is 13.8 Å². The minimum absolute atomic E-state index is 0.120. The summed E-state index contributed by atoms with van der Waals surface area (Å²) in [6.07, 6.45) is 16.9. The number of hydrogen-bond donors (Lipinski definition) is 2. The van der Waals surface area contributed by atoms with E-state index in [-0.39, 0.29) is 5.92 Å². The summed E-state index contributed by atoms with van der Waals surface area (Å²) in [6.45, 7) is 15.1. The Kier molecular flexibility index (Phi) is 13.1. The van der Waals surface area contributed by atoms with Crippen molar-refractivity contribution in [3.63, 3.8) is 0 Å². The quantitative estimate of drug-likeness (QED) is 0.216. The highest BCUT2D eigenvalue weighted by atomic mass is 32.1. The number of nitrogens with one attached hydrogen (secondary N) is 1. The largest absolute Gasteiger partial charge is 0.389 e. The van der Waals surface area contributed by atoms with Crippen LogP contribution in [0.2, 0.25) is 0 Å². The lowest BCUT2D eigenvalue weighted by atomic mass is 9.78. The van der Waals surface area contributed by atoms with Crippen LogP contribution in [0.1, 0.15) is 176 Å². The molecule has 0 amide bonds. The molecule has 0 spiro atoms. The van der Waals surface area contributed by atoms with E-state index in [4.69, 9.17) is 15.7 Å². The van der Waals surface area contributed by atoms with Gasteiger partial charge in [-0.3, -0.25) is 10.3 Å². The van der Waals surface area contributed by atoms with E-state index in [9.17, 15) is 10.7 Å². The van der Waals surface area contributed by atoms with Crippen molar-refractivity contribution in [2.45, 2.75) is 174 Å². The molecule has 0 aromatic carbocycles. The molecule has 2 unspecified atom stereocenters. The lowest BCUT2D eigenvalue weighted by molar-refractivity contribution is 0.0977. The first-order valence-corrected chi connectivity index (χ1v) is 20.5. The molecule has 3 N–H and O–H groups in total. The minimum Gasteiger partial charge on any atom is -0.389 e. The zero-order valence-corrected chi connectivity index (χ0v) is 32.4. The van der Waals surface area contributed by atoms with E-state index >= 15 is 0 Å². The van der Waals surface area contributed by atoms with Crippen molar-refractivity contribution in [3.8, 4) is 6.07 Å². The van der Waals surface area contributed by atoms with Gasteiger partial charge >= 0.3 is 0 Å². The fourth-order valence-electron chi connectivity index (χ4n) is 8.92. The Hall–Kier alpha value is -2.60. The highest BCUT2D eigenvalue weighted by Gasteiger charge is 2.37.